The van der Waals surface area contributed by atoms with Crippen LogP contribution in [0.2, 0.25) is 0 Å². The highest BCUT2D eigenvalue weighted by atomic mass is 32.2. The molecule has 3 aromatic rings. The monoisotopic (exact) mass is 424 g/mol. The SMILES string of the molecule is Cc1ccc(C=C(CCCSc2ccc(CO)cc2)c2cc(F)cc(F)c2)cc1C. The Morgan fingerprint density at radius 2 is 1.60 bits per heavy atom. The molecule has 0 aliphatic rings. The Morgan fingerprint density at radius 1 is 0.900 bits per heavy atom. The van der Waals surface area contributed by atoms with Crippen LogP contribution in [0.4, 0.5) is 8.78 Å². The van der Waals surface area contributed by atoms with Crippen LogP contribution < -0.4 is 0 Å². The lowest BCUT2D eigenvalue weighted by atomic mass is 9.97. The number of aryl methyl sites for hydroxylation is 2. The van der Waals surface area contributed by atoms with Crippen LogP contribution in [0.5, 0.6) is 0 Å². The summed E-state index contributed by atoms with van der Waals surface area (Å²) in [7, 11) is 0. The summed E-state index contributed by atoms with van der Waals surface area (Å²) in [5.41, 5.74) is 5.84. The molecule has 0 bridgehead atoms. The van der Waals surface area contributed by atoms with Gasteiger partial charge in [-0.3, -0.25) is 0 Å². The van der Waals surface area contributed by atoms with Crippen molar-refractivity contribution in [2.75, 3.05) is 5.75 Å². The van der Waals surface area contributed by atoms with Gasteiger partial charge in [-0.05, 0) is 90.1 Å². The minimum absolute atomic E-state index is 0.0434. The van der Waals surface area contributed by atoms with E-state index in [9.17, 15) is 8.78 Å². The quantitative estimate of drug-likeness (QED) is 0.235. The molecule has 1 N–H and O–H groups in total. The average Bonchev–Trinajstić information content (AvgIpc) is 2.72. The van der Waals surface area contributed by atoms with E-state index in [0.717, 1.165) is 46.3 Å². The molecule has 0 saturated heterocycles. The van der Waals surface area contributed by atoms with Crippen molar-refractivity contribution in [3.8, 4) is 0 Å². The second kappa shape index (κ2) is 10.6. The molecule has 0 fully saturated rings. The van der Waals surface area contributed by atoms with Gasteiger partial charge in [0.15, 0.2) is 0 Å². The van der Waals surface area contributed by atoms with E-state index in [4.69, 9.17) is 5.11 Å². The third-order valence-corrected chi connectivity index (χ3v) is 6.17. The number of thioether (sulfide) groups is 1. The van der Waals surface area contributed by atoms with Crippen molar-refractivity contribution in [3.05, 3.63) is 100 Å². The molecule has 0 amide bonds. The van der Waals surface area contributed by atoms with E-state index in [1.807, 2.05) is 36.4 Å². The number of benzene rings is 3. The summed E-state index contributed by atoms with van der Waals surface area (Å²) in [5, 5.41) is 9.14. The first-order valence-electron chi connectivity index (χ1n) is 10.0. The first-order chi connectivity index (χ1) is 14.4. The smallest absolute Gasteiger partial charge is 0.126 e. The van der Waals surface area contributed by atoms with E-state index in [2.05, 4.69) is 26.0 Å². The van der Waals surface area contributed by atoms with Gasteiger partial charge in [0.05, 0.1) is 6.61 Å². The molecule has 0 radical (unpaired) electrons. The highest BCUT2D eigenvalue weighted by molar-refractivity contribution is 7.99. The van der Waals surface area contributed by atoms with E-state index >= 15 is 0 Å². The van der Waals surface area contributed by atoms with Crippen molar-refractivity contribution in [2.45, 2.75) is 38.2 Å². The molecule has 0 aliphatic heterocycles. The van der Waals surface area contributed by atoms with E-state index in [-0.39, 0.29) is 6.61 Å². The molecule has 0 heterocycles. The summed E-state index contributed by atoms with van der Waals surface area (Å²) < 4.78 is 27.7. The zero-order valence-electron chi connectivity index (χ0n) is 17.3. The molecular weight excluding hydrogens is 398 g/mol. The molecule has 3 aromatic carbocycles. The maximum absolute atomic E-state index is 13.8. The maximum Gasteiger partial charge on any atom is 0.126 e. The average molecular weight is 425 g/mol. The minimum atomic E-state index is -0.561. The van der Waals surface area contributed by atoms with Crippen LogP contribution >= 0.6 is 11.8 Å². The Hall–Kier alpha value is -2.43. The highest BCUT2D eigenvalue weighted by Crippen LogP contribution is 2.28. The molecule has 1 nitrogen and oxygen atoms in total. The van der Waals surface area contributed by atoms with Crippen molar-refractivity contribution in [2.24, 2.45) is 0 Å². The second-order valence-electron chi connectivity index (χ2n) is 7.43. The number of aliphatic hydroxyl groups excluding tert-OH is 1. The Balaban J connectivity index is 1.75. The number of rotatable bonds is 8. The molecule has 3 rings (SSSR count). The molecule has 30 heavy (non-hydrogen) atoms. The van der Waals surface area contributed by atoms with E-state index < -0.39 is 11.6 Å². The Bertz CT molecular complexity index is 1010. The summed E-state index contributed by atoms with van der Waals surface area (Å²) in [6.45, 7) is 4.17. The van der Waals surface area contributed by atoms with Crippen molar-refractivity contribution >= 4 is 23.4 Å². The summed E-state index contributed by atoms with van der Waals surface area (Å²) in [5.74, 6) is -0.232. The van der Waals surface area contributed by atoms with Crippen molar-refractivity contribution in [1.29, 1.82) is 0 Å². The minimum Gasteiger partial charge on any atom is -0.392 e. The van der Waals surface area contributed by atoms with Gasteiger partial charge in [0.25, 0.3) is 0 Å². The molecule has 4 heteroatoms. The lowest BCUT2D eigenvalue weighted by molar-refractivity contribution is 0.282. The molecule has 0 atom stereocenters. The molecule has 0 aliphatic carbocycles. The Morgan fingerprint density at radius 3 is 2.23 bits per heavy atom. The number of aliphatic hydroxyl groups is 1. The zero-order chi connectivity index (χ0) is 21.5. The number of allylic oxidation sites excluding steroid dienone is 1. The van der Waals surface area contributed by atoms with Gasteiger partial charge < -0.3 is 5.11 Å². The lowest BCUT2D eigenvalue weighted by Crippen LogP contribution is -1.92. The van der Waals surface area contributed by atoms with Crippen LogP contribution in [0, 0.1) is 25.5 Å². The lowest BCUT2D eigenvalue weighted by Gasteiger charge is -2.11. The number of halogens is 2. The molecule has 0 spiro atoms. The predicted octanol–water partition coefficient (Wildman–Crippen LogP) is 7.19. The zero-order valence-corrected chi connectivity index (χ0v) is 18.1. The van der Waals surface area contributed by atoms with Gasteiger partial charge in [-0.1, -0.05) is 36.4 Å². The van der Waals surface area contributed by atoms with Crippen molar-refractivity contribution in [3.63, 3.8) is 0 Å². The summed E-state index contributed by atoms with van der Waals surface area (Å²) in [6.07, 6.45) is 3.63. The van der Waals surface area contributed by atoms with Crippen molar-refractivity contribution < 1.29 is 13.9 Å². The van der Waals surface area contributed by atoms with Crippen LogP contribution in [0.15, 0.2) is 65.6 Å². The van der Waals surface area contributed by atoms with Crippen LogP contribution in [0.3, 0.4) is 0 Å². The normalized spacial score (nSPS) is 11.7. The molecule has 0 unspecified atom stereocenters. The van der Waals surface area contributed by atoms with Gasteiger partial charge in [-0.25, -0.2) is 8.78 Å². The molecular formula is C26H26F2OS. The number of hydrogen-bond acceptors (Lipinski definition) is 2. The second-order valence-corrected chi connectivity index (χ2v) is 8.59. The predicted molar refractivity (Wildman–Crippen MR) is 122 cm³/mol. The fourth-order valence-electron chi connectivity index (χ4n) is 3.24. The van der Waals surface area contributed by atoms with E-state index in [1.54, 1.807) is 11.8 Å². The van der Waals surface area contributed by atoms with Gasteiger partial charge in [0, 0.05) is 11.0 Å². The van der Waals surface area contributed by atoms with Crippen LogP contribution in [0.25, 0.3) is 11.6 Å². The summed E-state index contributed by atoms with van der Waals surface area (Å²) >= 11 is 1.74. The van der Waals surface area contributed by atoms with E-state index in [1.165, 1.54) is 23.3 Å². The van der Waals surface area contributed by atoms with E-state index in [0.29, 0.717) is 5.56 Å². The van der Waals surface area contributed by atoms with Crippen LogP contribution in [-0.4, -0.2) is 10.9 Å². The van der Waals surface area contributed by atoms with Crippen LogP contribution in [-0.2, 0) is 6.61 Å². The first kappa shape index (κ1) is 22.3. The summed E-state index contributed by atoms with van der Waals surface area (Å²) in [6, 6.07) is 17.8. The topological polar surface area (TPSA) is 20.2 Å². The van der Waals surface area contributed by atoms with Gasteiger partial charge in [-0.15, -0.1) is 11.8 Å². The fourth-order valence-corrected chi connectivity index (χ4v) is 4.09. The van der Waals surface area contributed by atoms with Gasteiger partial charge in [0.1, 0.15) is 11.6 Å². The highest BCUT2D eigenvalue weighted by Gasteiger charge is 2.08. The Kier molecular flexibility index (Phi) is 7.83. The largest absolute Gasteiger partial charge is 0.392 e. The van der Waals surface area contributed by atoms with Crippen LogP contribution in [0.1, 0.15) is 40.7 Å². The third-order valence-electron chi connectivity index (χ3n) is 5.07. The molecule has 156 valence electrons. The third kappa shape index (κ3) is 6.28. The first-order valence-corrected chi connectivity index (χ1v) is 11.0. The van der Waals surface area contributed by atoms with Crippen molar-refractivity contribution in [1.82, 2.24) is 0 Å². The number of hydrogen-bond donors (Lipinski definition) is 1. The molecule has 0 saturated carbocycles. The van der Waals surface area contributed by atoms with Gasteiger partial charge in [-0.2, -0.15) is 0 Å². The maximum atomic E-state index is 13.8. The Labute approximate surface area is 181 Å². The fraction of sp³-hybridized carbons (Fsp3) is 0.231. The van der Waals surface area contributed by atoms with Gasteiger partial charge in [0.2, 0.25) is 0 Å². The molecule has 0 aromatic heterocycles. The summed E-state index contributed by atoms with van der Waals surface area (Å²) in [4.78, 5) is 1.14. The standard InChI is InChI=1S/C26H26F2OS/c1-18-5-6-21(12-19(18)2)13-22(23-14-24(27)16-25(28)15-23)4-3-11-30-26-9-7-20(17-29)8-10-26/h5-10,12-16,29H,3-4,11,17H2,1-2H3. The van der Waals surface area contributed by atoms with Gasteiger partial charge >= 0.3 is 0 Å².